The van der Waals surface area contributed by atoms with Crippen molar-refractivity contribution in [1.29, 1.82) is 0 Å². The number of rotatable bonds is 36. The van der Waals surface area contributed by atoms with Gasteiger partial charge in [0.1, 0.15) is 17.2 Å². The van der Waals surface area contributed by atoms with Gasteiger partial charge in [-0.15, -0.1) is 0 Å². The molecule has 18 N–H and O–H groups in total. The van der Waals surface area contributed by atoms with E-state index >= 15 is 0 Å². The normalized spacial score (nSPS) is 14.4. The predicted octanol–water partition coefficient (Wildman–Crippen LogP) is 3.40. The Labute approximate surface area is 404 Å². The first-order valence-electron chi connectivity index (χ1n) is 24.8. The van der Waals surface area contributed by atoms with Gasteiger partial charge in [-0.1, -0.05) is 67.4 Å². The van der Waals surface area contributed by atoms with Gasteiger partial charge in [0.05, 0.1) is 0 Å². The van der Waals surface area contributed by atoms with Crippen LogP contribution in [0, 0.1) is 0 Å². The summed E-state index contributed by atoms with van der Waals surface area (Å²) in [6.07, 6.45) is 11.2. The van der Waals surface area contributed by atoms with Crippen molar-refractivity contribution in [3.05, 3.63) is 126 Å². The Bertz CT molecular complexity index is 2120. The van der Waals surface area contributed by atoms with E-state index in [0.717, 1.165) is 99.6 Å². The highest BCUT2D eigenvalue weighted by Crippen LogP contribution is 2.20. The Morgan fingerprint density at radius 2 is 0.971 bits per heavy atom. The molecule has 15 heteroatoms. The number of phenolic OH excluding ortho intramolecular Hbond substituents is 3. The van der Waals surface area contributed by atoms with Crippen LogP contribution in [0.3, 0.4) is 0 Å². The first-order chi connectivity index (χ1) is 33.1. The average Bonchev–Trinajstić information content (AvgIpc) is 3.74. The van der Waals surface area contributed by atoms with Crippen LogP contribution in [0.2, 0.25) is 0 Å². The summed E-state index contributed by atoms with van der Waals surface area (Å²) < 4.78 is 0. The summed E-state index contributed by atoms with van der Waals surface area (Å²) in [6.45, 7) is 6.01. The molecular weight excluding hydrogens is 855 g/mol. The number of carbonyl (C=O) groups excluding carboxylic acids is 1. The summed E-state index contributed by atoms with van der Waals surface area (Å²) in [5.41, 5.74) is 29.8. The van der Waals surface area contributed by atoms with Gasteiger partial charge in [-0.2, -0.15) is 0 Å². The van der Waals surface area contributed by atoms with Gasteiger partial charge in [-0.25, -0.2) is 0 Å². The van der Waals surface area contributed by atoms with E-state index in [1.165, 1.54) is 10.9 Å². The van der Waals surface area contributed by atoms with E-state index in [1.807, 2.05) is 36.4 Å². The van der Waals surface area contributed by atoms with Gasteiger partial charge in [0, 0.05) is 106 Å². The molecule has 15 nitrogen and oxygen atoms in total. The number of para-hydroxylation sites is 1. The van der Waals surface area contributed by atoms with Crippen LogP contribution in [0.5, 0.6) is 17.2 Å². The quantitative estimate of drug-likeness (QED) is 0.0257. The summed E-state index contributed by atoms with van der Waals surface area (Å²) in [6, 6.07) is 31.0. The monoisotopic (exact) mass is 936 g/mol. The van der Waals surface area contributed by atoms with Gasteiger partial charge in [-0.05, 0) is 129 Å². The standard InChI is InChI=1S/C53H81N11O4/c54-24-5-3-7-43(34-62-45(33-58-26-23-53(57)68)28-39-13-19-49(66)20-14-39)60-36-46(29-40-15-21-50(67)22-16-40)63-35-44(8-4-6-25-55)61-37-47(30-41-31-64-52-10-2-1-9-51(41)52)59-32-42(56)27-38-11-17-48(65)18-12-38/h1-2,9-22,31,42-47,58-67H,3-8,23-30,32-37,54-56H2,(H2,57,68)/t42-,43?,44-,45-,46-,47-/m0/s1. The van der Waals surface area contributed by atoms with Crippen LogP contribution in [0.1, 0.15) is 67.2 Å². The zero-order valence-electron chi connectivity index (χ0n) is 40.0. The van der Waals surface area contributed by atoms with Crippen LogP contribution in [0.25, 0.3) is 10.9 Å². The fourth-order valence-corrected chi connectivity index (χ4v) is 8.72. The molecule has 68 heavy (non-hydrogen) atoms. The lowest BCUT2D eigenvalue weighted by atomic mass is 10.0. The second kappa shape index (κ2) is 30.4. The van der Waals surface area contributed by atoms with Crippen LogP contribution >= 0.6 is 0 Å². The van der Waals surface area contributed by atoms with Crippen molar-refractivity contribution < 1.29 is 20.1 Å². The maximum absolute atomic E-state index is 11.4. The van der Waals surface area contributed by atoms with Gasteiger partial charge in [0.2, 0.25) is 5.91 Å². The number of primary amides is 1. The molecule has 0 fully saturated rings. The molecule has 5 rings (SSSR count). The van der Waals surface area contributed by atoms with E-state index in [1.54, 1.807) is 36.4 Å². The van der Waals surface area contributed by atoms with E-state index in [4.69, 9.17) is 22.9 Å². The van der Waals surface area contributed by atoms with E-state index < -0.39 is 0 Å². The van der Waals surface area contributed by atoms with Crippen molar-refractivity contribution in [1.82, 2.24) is 36.9 Å². The number of nitrogens with one attached hydrogen (secondary N) is 7. The third kappa shape index (κ3) is 20.7. The number of fused-ring (bicyclic) bond motifs is 1. The summed E-state index contributed by atoms with van der Waals surface area (Å²) in [7, 11) is 0. The molecule has 1 amide bonds. The van der Waals surface area contributed by atoms with Crippen LogP contribution in [0.4, 0.5) is 0 Å². The Hall–Kier alpha value is -5.07. The van der Waals surface area contributed by atoms with Crippen molar-refractivity contribution in [2.24, 2.45) is 22.9 Å². The van der Waals surface area contributed by atoms with Gasteiger partial charge < -0.3 is 75.1 Å². The number of unbranched alkanes of at least 4 members (excludes halogenated alkanes) is 2. The molecular formula is C53H81N11O4. The third-order valence-electron chi connectivity index (χ3n) is 12.6. The molecule has 1 unspecified atom stereocenters. The van der Waals surface area contributed by atoms with Gasteiger partial charge in [0.15, 0.2) is 0 Å². The molecule has 0 saturated heterocycles. The highest BCUT2D eigenvalue weighted by molar-refractivity contribution is 5.83. The molecule has 5 aromatic rings. The maximum atomic E-state index is 11.4. The second-order valence-electron chi connectivity index (χ2n) is 18.5. The number of carbonyl (C=O) groups is 1. The number of phenols is 3. The highest BCUT2D eigenvalue weighted by Gasteiger charge is 2.21. The fourth-order valence-electron chi connectivity index (χ4n) is 8.72. The molecule has 0 aliphatic heterocycles. The van der Waals surface area contributed by atoms with Gasteiger partial charge >= 0.3 is 0 Å². The van der Waals surface area contributed by atoms with Gasteiger partial charge in [-0.3, -0.25) is 4.79 Å². The minimum atomic E-state index is -0.333. The zero-order chi connectivity index (χ0) is 48.4. The molecule has 0 aliphatic rings. The predicted molar refractivity (Wildman–Crippen MR) is 277 cm³/mol. The number of hydrogen-bond donors (Lipinski definition) is 14. The molecule has 4 aromatic carbocycles. The fraction of sp³-hybridized carbons (Fsp3) is 0.491. The first kappa shape index (κ1) is 53.9. The number of hydrogen-bond acceptors (Lipinski definition) is 13. The topological polar surface area (TPSA) is 270 Å². The molecule has 0 radical (unpaired) electrons. The average molecular weight is 936 g/mol. The number of benzene rings is 4. The smallest absolute Gasteiger partial charge is 0.218 e. The number of H-pyrrole nitrogens is 1. The summed E-state index contributed by atoms with van der Waals surface area (Å²) in [5, 5.41) is 53.9. The Kier molecular flexibility index (Phi) is 24.1. The molecule has 1 aromatic heterocycles. The number of amides is 1. The number of aromatic amines is 1. The third-order valence-corrected chi connectivity index (χ3v) is 12.6. The molecule has 1 heterocycles. The minimum absolute atomic E-state index is 0.0711. The van der Waals surface area contributed by atoms with E-state index in [-0.39, 0.29) is 65.8 Å². The lowest BCUT2D eigenvalue weighted by Gasteiger charge is -2.29. The Morgan fingerprint density at radius 1 is 0.529 bits per heavy atom. The Balaban J connectivity index is 1.27. The number of aromatic hydroxyl groups is 3. The largest absolute Gasteiger partial charge is 0.508 e. The number of nitrogens with two attached hydrogens (primary N) is 4. The van der Waals surface area contributed by atoms with Crippen molar-refractivity contribution >= 4 is 16.8 Å². The molecule has 0 bridgehead atoms. The van der Waals surface area contributed by atoms with E-state index in [0.29, 0.717) is 45.7 Å². The second-order valence-corrected chi connectivity index (χ2v) is 18.5. The molecule has 0 spiro atoms. The summed E-state index contributed by atoms with van der Waals surface area (Å²) in [5.74, 6) is 0.392. The first-order valence-corrected chi connectivity index (χ1v) is 24.8. The highest BCUT2D eigenvalue weighted by atomic mass is 16.3. The molecule has 0 aliphatic carbocycles. The molecule has 372 valence electrons. The molecule has 6 atom stereocenters. The van der Waals surface area contributed by atoms with Crippen molar-refractivity contribution in [2.45, 2.75) is 107 Å². The molecule has 0 saturated carbocycles. The SMILES string of the molecule is NCCCCC(CN[C@H](CNCCC(N)=O)Cc1ccc(O)cc1)NC[C@H](Cc1ccc(O)cc1)NC[C@H](CCCCN)NC[C@H](Cc1c[nH]c2ccccc12)NC[C@@H](N)Cc1ccc(O)cc1. The minimum Gasteiger partial charge on any atom is -0.508 e. The van der Waals surface area contributed by atoms with Crippen LogP contribution in [-0.2, 0) is 30.5 Å². The van der Waals surface area contributed by atoms with Crippen LogP contribution < -0.4 is 54.8 Å². The lowest BCUT2D eigenvalue weighted by Crippen LogP contribution is -2.53. The lowest BCUT2D eigenvalue weighted by molar-refractivity contribution is -0.117. The van der Waals surface area contributed by atoms with Gasteiger partial charge in [0.25, 0.3) is 0 Å². The maximum Gasteiger partial charge on any atom is 0.218 e. The van der Waals surface area contributed by atoms with Crippen LogP contribution in [-0.4, -0.2) is 121 Å². The van der Waals surface area contributed by atoms with E-state index in [9.17, 15) is 20.1 Å². The van der Waals surface area contributed by atoms with E-state index in [2.05, 4.69) is 67.3 Å². The van der Waals surface area contributed by atoms with Crippen LogP contribution in [0.15, 0.2) is 103 Å². The van der Waals surface area contributed by atoms with Crippen molar-refractivity contribution in [3.63, 3.8) is 0 Å². The number of aromatic nitrogens is 1. The van der Waals surface area contributed by atoms with Crippen molar-refractivity contribution in [3.8, 4) is 17.2 Å². The zero-order valence-corrected chi connectivity index (χ0v) is 40.0. The summed E-state index contributed by atoms with van der Waals surface area (Å²) >= 11 is 0. The Morgan fingerprint density at radius 3 is 1.49 bits per heavy atom. The summed E-state index contributed by atoms with van der Waals surface area (Å²) in [4.78, 5) is 14.9. The van der Waals surface area contributed by atoms with Crippen molar-refractivity contribution in [2.75, 3.05) is 58.9 Å².